The van der Waals surface area contributed by atoms with Crippen LogP contribution in [0.15, 0.2) is 18.2 Å². The molecule has 1 saturated carbocycles. The molecule has 32 heavy (non-hydrogen) atoms. The fourth-order valence-electron chi connectivity index (χ4n) is 5.44. The van der Waals surface area contributed by atoms with E-state index < -0.39 is 17.9 Å². The van der Waals surface area contributed by atoms with E-state index in [-0.39, 0.29) is 43.2 Å². The summed E-state index contributed by atoms with van der Waals surface area (Å²) in [4.78, 5) is 40.1. The summed E-state index contributed by atoms with van der Waals surface area (Å²) in [5.41, 5.74) is 1.34. The summed E-state index contributed by atoms with van der Waals surface area (Å²) in [6.45, 7) is 1.07. The van der Waals surface area contributed by atoms with Gasteiger partial charge in [0.1, 0.15) is 17.9 Å². The first kappa shape index (κ1) is 21.3. The van der Waals surface area contributed by atoms with Crippen LogP contribution >= 0.6 is 0 Å². The lowest BCUT2D eigenvalue weighted by atomic mass is 10.0. The number of carbonyl (C=O) groups excluding carboxylic acids is 3. The van der Waals surface area contributed by atoms with Crippen LogP contribution in [-0.2, 0) is 16.1 Å². The zero-order chi connectivity index (χ0) is 22.5. The molecule has 9 heteroatoms. The molecule has 0 spiro atoms. The Kier molecular flexibility index (Phi) is 5.39. The number of nitrogens with zero attached hydrogens (tertiary/aromatic N) is 2. The second-order valence-corrected chi connectivity index (χ2v) is 9.27. The Morgan fingerprint density at radius 3 is 2.59 bits per heavy atom. The van der Waals surface area contributed by atoms with Crippen LogP contribution in [0.3, 0.4) is 0 Å². The molecular formula is C23H27F2N3O4. The SMILES string of the molecule is O=C1CCC(N2Cc3cc(OC4CCCC4N4CCC(F)(F)CC4)ccc3C2=O)C(=O)N1. The molecule has 0 aromatic heterocycles. The molecule has 0 bridgehead atoms. The molecule has 172 valence electrons. The summed E-state index contributed by atoms with van der Waals surface area (Å²) in [7, 11) is 0. The van der Waals surface area contributed by atoms with Crippen molar-refractivity contribution >= 4 is 17.7 Å². The number of halogens is 2. The maximum absolute atomic E-state index is 13.5. The van der Waals surface area contributed by atoms with Gasteiger partial charge in [0.25, 0.3) is 11.8 Å². The highest BCUT2D eigenvalue weighted by Crippen LogP contribution is 2.36. The van der Waals surface area contributed by atoms with Crippen LogP contribution in [0.4, 0.5) is 8.78 Å². The summed E-state index contributed by atoms with van der Waals surface area (Å²) in [6, 6.07) is 4.82. The molecular weight excluding hydrogens is 420 g/mol. The van der Waals surface area contributed by atoms with Gasteiger partial charge < -0.3 is 9.64 Å². The first-order chi connectivity index (χ1) is 15.3. The highest BCUT2D eigenvalue weighted by Gasteiger charge is 2.42. The van der Waals surface area contributed by atoms with Gasteiger partial charge in [0, 0.05) is 50.5 Å². The zero-order valence-electron chi connectivity index (χ0n) is 17.8. The van der Waals surface area contributed by atoms with Crippen molar-refractivity contribution in [1.29, 1.82) is 0 Å². The van der Waals surface area contributed by atoms with Crippen molar-refractivity contribution in [3.05, 3.63) is 29.3 Å². The maximum Gasteiger partial charge on any atom is 0.255 e. The van der Waals surface area contributed by atoms with Crippen LogP contribution < -0.4 is 10.1 Å². The molecule has 3 atom stereocenters. The van der Waals surface area contributed by atoms with Gasteiger partial charge in [0.2, 0.25) is 11.8 Å². The molecule has 5 rings (SSSR count). The summed E-state index contributed by atoms with van der Waals surface area (Å²) in [6.07, 6.45) is 3.07. The number of hydrogen-bond acceptors (Lipinski definition) is 5. The third kappa shape index (κ3) is 3.98. The van der Waals surface area contributed by atoms with Crippen LogP contribution in [-0.4, -0.2) is 64.7 Å². The van der Waals surface area contributed by atoms with E-state index in [9.17, 15) is 23.2 Å². The number of amides is 3. The van der Waals surface area contributed by atoms with Gasteiger partial charge in [0.15, 0.2) is 0 Å². The molecule has 1 aromatic rings. The number of piperidine rings is 2. The van der Waals surface area contributed by atoms with Gasteiger partial charge in [-0.1, -0.05) is 0 Å². The largest absolute Gasteiger partial charge is 0.489 e. The number of likely N-dealkylation sites (tertiary alicyclic amines) is 1. The van der Waals surface area contributed by atoms with Gasteiger partial charge >= 0.3 is 0 Å². The molecule has 7 nitrogen and oxygen atoms in total. The van der Waals surface area contributed by atoms with Crippen molar-refractivity contribution in [3.63, 3.8) is 0 Å². The fourth-order valence-corrected chi connectivity index (χ4v) is 5.44. The number of carbonyl (C=O) groups is 3. The van der Waals surface area contributed by atoms with E-state index in [1.54, 1.807) is 12.1 Å². The number of rotatable bonds is 4. The van der Waals surface area contributed by atoms with E-state index in [0.29, 0.717) is 37.4 Å². The first-order valence-electron chi connectivity index (χ1n) is 11.4. The Bertz CT molecular complexity index is 943. The van der Waals surface area contributed by atoms with E-state index in [1.165, 1.54) is 4.90 Å². The van der Waals surface area contributed by atoms with Crippen LogP contribution in [0.5, 0.6) is 5.75 Å². The van der Waals surface area contributed by atoms with Crippen molar-refractivity contribution in [3.8, 4) is 5.75 Å². The molecule has 1 aliphatic carbocycles. The van der Waals surface area contributed by atoms with E-state index in [0.717, 1.165) is 24.8 Å². The summed E-state index contributed by atoms with van der Waals surface area (Å²) < 4.78 is 33.4. The summed E-state index contributed by atoms with van der Waals surface area (Å²) >= 11 is 0. The van der Waals surface area contributed by atoms with Crippen molar-refractivity contribution in [2.24, 2.45) is 0 Å². The lowest BCUT2D eigenvalue weighted by Crippen LogP contribution is -2.52. The van der Waals surface area contributed by atoms with Gasteiger partial charge in [-0.05, 0) is 49.4 Å². The Labute approximate surface area is 185 Å². The fraction of sp³-hybridized carbons (Fsp3) is 0.609. The Morgan fingerprint density at radius 1 is 1.06 bits per heavy atom. The minimum atomic E-state index is -2.56. The molecule has 0 radical (unpaired) electrons. The lowest BCUT2D eigenvalue weighted by Gasteiger charge is -2.38. The number of imide groups is 1. The third-order valence-corrected chi connectivity index (χ3v) is 7.20. The van der Waals surface area contributed by atoms with Crippen LogP contribution in [0, 0.1) is 0 Å². The number of hydrogen-bond donors (Lipinski definition) is 1. The molecule has 1 aromatic carbocycles. The van der Waals surface area contributed by atoms with Crippen LogP contribution in [0.1, 0.15) is 60.9 Å². The van der Waals surface area contributed by atoms with Gasteiger partial charge in [-0.15, -0.1) is 0 Å². The lowest BCUT2D eigenvalue weighted by molar-refractivity contribution is -0.136. The van der Waals surface area contributed by atoms with Crippen molar-refractivity contribution in [2.75, 3.05) is 13.1 Å². The van der Waals surface area contributed by atoms with E-state index in [4.69, 9.17) is 4.74 Å². The van der Waals surface area contributed by atoms with Crippen LogP contribution in [0.2, 0.25) is 0 Å². The van der Waals surface area contributed by atoms with E-state index >= 15 is 0 Å². The zero-order valence-corrected chi connectivity index (χ0v) is 17.8. The molecule has 3 unspecified atom stereocenters. The summed E-state index contributed by atoms with van der Waals surface area (Å²) in [5.74, 6) is -2.86. The minimum absolute atomic E-state index is 0.0666. The Hall–Kier alpha value is -2.55. The molecule has 4 aliphatic rings. The second-order valence-electron chi connectivity index (χ2n) is 9.27. The van der Waals surface area contributed by atoms with Gasteiger partial charge in [0.05, 0.1) is 0 Å². The summed E-state index contributed by atoms with van der Waals surface area (Å²) in [5, 5.41) is 2.31. The van der Waals surface area contributed by atoms with Crippen LogP contribution in [0.25, 0.3) is 0 Å². The number of fused-ring (bicyclic) bond motifs is 1. The second kappa shape index (κ2) is 8.10. The number of nitrogens with one attached hydrogen (secondary N) is 1. The standard InChI is InChI=1S/C23H27F2N3O4/c24-23(25)8-10-27(11-9-23)17-2-1-3-19(17)32-15-4-5-16-14(12-15)13-28(22(16)31)18-6-7-20(29)26-21(18)30/h4-5,12,17-19H,1-3,6-11,13H2,(H,26,29,30). The highest BCUT2D eigenvalue weighted by atomic mass is 19.3. The number of ether oxygens (including phenoxy) is 1. The monoisotopic (exact) mass is 447 g/mol. The smallest absolute Gasteiger partial charge is 0.255 e. The molecule has 2 saturated heterocycles. The Balaban J connectivity index is 1.26. The molecule has 3 amide bonds. The third-order valence-electron chi connectivity index (χ3n) is 7.20. The molecule has 1 N–H and O–H groups in total. The minimum Gasteiger partial charge on any atom is -0.489 e. The predicted octanol–water partition coefficient (Wildman–Crippen LogP) is 2.48. The van der Waals surface area contributed by atoms with Gasteiger partial charge in [-0.2, -0.15) is 0 Å². The van der Waals surface area contributed by atoms with Gasteiger partial charge in [-0.3, -0.25) is 24.6 Å². The number of alkyl halides is 2. The van der Waals surface area contributed by atoms with Crippen molar-refractivity contribution in [2.45, 2.75) is 75.6 Å². The molecule has 3 fully saturated rings. The number of benzene rings is 1. The topological polar surface area (TPSA) is 79.0 Å². The van der Waals surface area contributed by atoms with Crippen molar-refractivity contribution in [1.82, 2.24) is 15.1 Å². The van der Waals surface area contributed by atoms with E-state index in [1.807, 2.05) is 6.07 Å². The normalized spacial score (nSPS) is 30.4. The Morgan fingerprint density at radius 2 is 1.84 bits per heavy atom. The maximum atomic E-state index is 13.5. The average Bonchev–Trinajstić information content (AvgIpc) is 3.33. The quantitative estimate of drug-likeness (QED) is 0.718. The highest BCUT2D eigenvalue weighted by molar-refractivity contribution is 6.05. The van der Waals surface area contributed by atoms with Crippen molar-refractivity contribution < 1.29 is 27.9 Å². The van der Waals surface area contributed by atoms with E-state index in [2.05, 4.69) is 10.2 Å². The average molecular weight is 447 g/mol. The van der Waals surface area contributed by atoms with Gasteiger partial charge in [-0.25, -0.2) is 8.78 Å². The first-order valence-corrected chi connectivity index (χ1v) is 11.4. The predicted molar refractivity (Wildman–Crippen MR) is 110 cm³/mol. The molecule has 3 heterocycles. The molecule has 3 aliphatic heterocycles.